The molecule has 0 amide bonds. The first-order valence-corrected chi connectivity index (χ1v) is 7.02. The summed E-state index contributed by atoms with van der Waals surface area (Å²) in [6, 6.07) is 10.5. The van der Waals surface area contributed by atoms with Crippen molar-refractivity contribution in [2.45, 2.75) is 6.04 Å². The van der Waals surface area contributed by atoms with Gasteiger partial charge in [0.1, 0.15) is 0 Å². The minimum absolute atomic E-state index is 0.257. The van der Waals surface area contributed by atoms with Crippen molar-refractivity contribution in [3.8, 4) is 0 Å². The first-order valence-electron chi connectivity index (χ1n) is 3.66. The van der Waals surface area contributed by atoms with E-state index >= 15 is 0 Å². The fraction of sp³-hybridized carbons (Fsp3) is 0.250. The molecule has 1 unspecified atom stereocenters. The van der Waals surface area contributed by atoms with Gasteiger partial charge < -0.3 is 5.73 Å². The average Bonchev–Trinajstić information content (AvgIpc) is 2.15. The number of halogens is 1. The van der Waals surface area contributed by atoms with Gasteiger partial charge in [-0.2, -0.15) is 0 Å². The summed E-state index contributed by atoms with van der Waals surface area (Å²) in [4.78, 5) is 0. The van der Waals surface area contributed by atoms with E-state index in [1.54, 1.807) is 9.12 Å². The minimum atomic E-state index is 0.257. The molecular weight excluding hydrogens is 283 g/mol. The number of nitrogens with two attached hydrogens (primary N) is 1. The number of rotatable bonds is 4. The van der Waals surface area contributed by atoms with Gasteiger partial charge in [0.05, 0.1) is 6.04 Å². The highest BCUT2D eigenvalue weighted by atomic mass is 127. The van der Waals surface area contributed by atoms with Crippen molar-refractivity contribution in [3.05, 3.63) is 35.9 Å². The van der Waals surface area contributed by atoms with Crippen LogP contribution in [0.15, 0.2) is 30.3 Å². The van der Waals surface area contributed by atoms with E-state index < -0.39 is 0 Å². The summed E-state index contributed by atoms with van der Waals surface area (Å²) in [5.41, 5.74) is 6.85. The lowest BCUT2D eigenvalue weighted by atomic mass is 10.1. The van der Waals surface area contributed by atoms with Gasteiger partial charge in [0.25, 0.3) is 0 Å². The fourth-order valence-electron chi connectivity index (χ4n) is 0.991. The van der Waals surface area contributed by atoms with Crippen LogP contribution in [0.2, 0.25) is 0 Å². The Morgan fingerprint density at radius 1 is 1.42 bits per heavy atom. The lowest BCUT2D eigenvalue weighted by Crippen LogP contribution is -2.22. The normalized spacial score (nSPS) is 12.8. The Labute approximate surface area is 89.0 Å². The predicted molar refractivity (Wildman–Crippen MR) is 63.0 cm³/mol. The third-order valence-corrected chi connectivity index (χ3v) is 2.76. The van der Waals surface area contributed by atoms with Crippen molar-refractivity contribution >= 4 is 30.3 Å². The molecule has 3 N–H and O–H groups in total. The zero-order chi connectivity index (χ0) is 8.81. The van der Waals surface area contributed by atoms with E-state index in [1.807, 2.05) is 18.2 Å². The van der Waals surface area contributed by atoms with Crippen LogP contribution in [-0.2, 0) is 0 Å². The van der Waals surface area contributed by atoms with Gasteiger partial charge >= 0.3 is 0 Å². The molecule has 0 aromatic heterocycles. The van der Waals surface area contributed by atoms with Crippen molar-refractivity contribution in [1.82, 2.24) is 4.72 Å². The molecule has 0 bridgehead atoms. The topological polar surface area (TPSA) is 38.0 Å². The van der Waals surface area contributed by atoms with Crippen LogP contribution in [0.1, 0.15) is 11.6 Å². The van der Waals surface area contributed by atoms with E-state index in [9.17, 15) is 0 Å². The van der Waals surface area contributed by atoms with Crippen LogP contribution in [0.25, 0.3) is 0 Å². The number of nitrogens with one attached hydrogen (secondary N) is 1. The second-order valence-electron chi connectivity index (χ2n) is 2.39. The molecule has 1 rings (SSSR count). The van der Waals surface area contributed by atoms with Crippen molar-refractivity contribution in [3.63, 3.8) is 0 Å². The van der Waals surface area contributed by atoms with Crippen LogP contribution < -0.4 is 10.5 Å². The molecule has 12 heavy (non-hydrogen) atoms. The van der Waals surface area contributed by atoms with Gasteiger partial charge in [0.15, 0.2) is 0 Å². The van der Waals surface area contributed by atoms with Crippen LogP contribution in [0.4, 0.5) is 0 Å². The van der Waals surface area contributed by atoms with E-state index in [2.05, 4.69) is 38.1 Å². The molecule has 0 radical (unpaired) electrons. The Morgan fingerprint density at radius 2 is 2.08 bits per heavy atom. The Kier molecular flexibility index (Phi) is 4.98. The highest BCUT2D eigenvalue weighted by molar-refractivity contribution is 14.2. The lowest BCUT2D eigenvalue weighted by molar-refractivity contribution is 0.691. The maximum atomic E-state index is 5.61. The molecule has 1 aromatic carbocycles. The number of hydrogen-bond acceptors (Lipinski definition) is 3. The van der Waals surface area contributed by atoms with Gasteiger partial charge in [-0.05, 0) is 14.7 Å². The average molecular weight is 294 g/mol. The zero-order valence-electron chi connectivity index (χ0n) is 6.53. The summed E-state index contributed by atoms with van der Waals surface area (Å²) >= 11 is 2.20. The van der Waals surface area contributed by atoms with Crippen molar-refractivity contribution in [2.75, 3.05) is 6.54 Å². The molecule has 0 saturated carbocycles. The Morgan fingerprint density at radius 3 is 2.58 bits per heavy atom. The monoisotopic (exact) mass is 294 g/mol. The summed E-state index contributed by atoms with van der Waals surface area (Å²) < 4.78 is 3.23. The van der Waals surface area contributed by atoms with E-state index in [1.165, 1.54) is 5.56 Å². The third-order valence-electron chi connectivity index (χ3n) is 1.62. The molecule has 0 fully saturated rings. The van der Waals surface area contributed by atoms with Crippen LogP contribution >= 0.6 is 30.3 Å². The molecule has 4 heteroatoms. The SMILES string of the molecule is NCC(NSI)c1ccccc1. The number of hydrogen-bond donors (Lipinski definition) is 2. The predicted octanol–water partition coefficient (Wildman–Crippen LogP) is 2.27. The minimum Gasteiger partial charge on any atom is -0.329 e. The van der Waals surface area contributed by atoms with Crippen LogP contribution in [0, 0.1) is 0 Å². The highest BCUT2D eigenvalue weighted by Crippen LogP contribution is 2.17. The van der Waals surface area contributed by atoms with Crippen LogP contribution in [0.3, 0.4) is 0 Å². The van der Waals surface area contributed by atoms with Gasteiger partial charge in [-0.15, -0.1) is 0 Å². The zero-order valence-corrected chi connectivity index (χ0v) is 9.51. The van der Waals surface area contributed by atoms with E-state index in [0.717, 1.165) is 0 Å². The summed E-state index contributed by atoms with van der Waals surface area (Å²) in [7, 11) is 1.57. The molecular formula is C8H11IN2S. The van der Waals surface area contributed by atoms with E-state index in [-0.39, 0.29) is 6.04 Å². The maximum absolute atomic E-state index is 5.61. The first-order chi connectivity index (χ1) is 5.88. The Balaban J connectivity index is 2.66. The first kappa shape index (κ1) is 10.3. The quantitative estimate of drug-likeness (QED) is 0.661. The molecule has 66 valence electrons. The van der Waals surface area contributed by atoms with Gasteiger partial charge in [-0.25, -0.2) is 4.72 Å². The Bertz CT molecular complexity index is 218. The smallest absolute Gasteiger partial charge is 0.0551 e. The molecule has 0 aliphatic heterocycles. The summed E-state index contributed by atoms with van der Waals surface area (Å²) in [5, 5.41) is 0. The fourth-order valence-corrected chi connectivity index (χ4v) is 2.25. The third kappa shape index (κ3) is 2.93. The molecule has 0 spiro atoms. The van der Waals surface area contributed by atoms with Crippen LogP contribution in [-0.4, -0.2) is 6.54 Å². The molecule has 1 atom stereocenters. The Hall–Kier alpha value is 0.220. The molecule has 0 saturated heterocycles. The summed E-state index contributed by atoms with van der Waals surface area (Å²) in [5.74, 6) is 0. The van der Waals surface area contributed by atoms with E-state index in [0.29, 0.717) is 6.54 Å². The molecule has 0 heterocycles. The van der Waals surface area contributed by atoms with Gasteiger partial charge in [0.2, 0.25) is 0 Å². The van der Waals surface area contributed by atoms with Gasteiger partial charge in [0, 0.05) is 27.8 Å². The van der Waals surface area contributed by atoms with E-state index in [4.69, 9.17) is 5.73 Å². The maximum Gasteiger partial charge on any atom is 0.0551 e. The molecule has 0 aliphatic rings. The van der Waals surface area contributed by atoms with Crippen molar-refractivity contribution in [2.24, 2.45) is 5.73 Å². The second-order valence-corrected chi connectivity index (χ2v) is 4.11. The molecule has 1 aromatic rings. The van der Waals surface area contributed by atoms with Crippen molar-refractivity contribution < 1.29 is 0 Å². The lowest BCUT2D eigenvalue weighted by Gasteiger charge is -2.13. The largest absolute Gasteiger partial charge is 0.329 e. The second kappa shape index (κ2) is 5.80. The van der Waals surface area contributed by atoms with Gasteiger partial charge in [-0.3, -0.25) is 0 Å². The summed E-state index contributed by atoms with van der Waals surface area (Å²) in [6.45, 7) is 0.625. The molecule has 0 aliphatic carbocycles. The van der Waals surface area contributed by atoms with Gasteiger partial charge in [-0.1, -0.05) is 30.3 Å². The summed E-state index contributed by atoms with van der Waals surface area (Å²) in [6.07, 6.45) is 0. The van der Waals surface area contributed by atoms with Crippen molar-refractivity contribution in [1.29, 1.82) is 0 Å². The highest BCUT2D eigenvalue weighted by Gasteiger charge is 2.06. The number of benzene rings is 1. The standard InChI is InChI=1S/C8H11IN2S/c9-12-11-8(6-10)7-4-2-1-3-5-7/h1-5,8,11H,6,10H2. The van der Waals surface area contributed by atoms with Crippen LogP contribution in [0.5, 0.6) is 0 Å². The molecule has 2 nitrogen and oxygen atoms in total.